The zero-order chi connectivity index (χ0) is 34.6. The lowest BCUT2D eigenvalue weighted by atomic mass is 9.82. The highest BCUT2D eigenvalue weighted by atomic mass is 15.0. The number of benzene rings is 6. The number of hydrogen-bond donors (Lipinski definition) is 0. The molecule has 0 atom stereocenters. The van der Waals surface area contributed by atoms with E-state index < -0.39 is 0 Å². The molecule has 0 amide bonds. The lowest BCUT2D eigenvalue weighted by Gasteiger charge is -2.29. The van der Waals surface area contributed by atoms with Gasteiger partial charge < -0.3 is 9.13 Å². The Morgan fingerprint density at radius 3 is 1.62 bits per heavy atom. The van der Waals surface area contributed by atoms with Crippen LogP contribution < -0.4 is 0 Å². The molecule has 7 aromatic carbocycles. The second kappa shape index (κ2) is 12.1. The number of para-hydroxylation sites is 3. The van der Waals surface area contributed by atoms with Gasteiger partial charge in [-0.05, 0) is 65.9 Å². The molecule has 3 nitrogen and oxygen atoms in total. The van der Waals surface area contributed by atoms with Crippen LogP contribution in [0.15, 0.2) is 164 Å². The highest BCUT2D eigenvalue weighted by molar-refractivity contribution is 6.14. The Bertz CT molecular complexity index is 2660. The molecule has 0 saturated heterocycles. The van der Waals surface area contributed by atoms with Gasteiger partial charge in [0, 0.05) is 38.2 Å². The van der Waals surface area contributed by atoms with Crippen molar-refractivity contribution >= 4 is 49.2 Å². The van der Waals surface area contributed by atoms with Gasteiger partial charge in [0.05, 0.1) is 33.5 Å². The summed E-state index contributed by atoms with van der Waals surface area (Å²) in [4.78, 5) is 0. The van der Waals surface area contributed by atoms with E-state index in [0.29, 0.717) is 5.56 Å². The maximum atomic E-state index is 11.6. The Morgan fingerprint density at radius 2 is 1.06 bits per heavy atom. The minimum atomic E-state index is 0.630. The van der Waals surface area contributed by atoms with Crippen LogP contribution in [0.1, 0.15) is 24.0 Å². The highest BCUT2D eigenvalue weighted by Gasteiger charge is 2.32. The van der Waals surface area contributed by atoms with Crippen molar-refractivity contribution in [1.29, 1.82) is 5.26 Å². The molecule has 9 aromatic rings. The zero-order valence-electron chi connectivity index (χ0n) is 28.3. The van der Waals surface area contributed by atoms with Gasteiger partial charge in [-0.25, -0.2) is 0 Å². The molecule has 2 heterocycles. The van der Waals surface area contributed by atoms with E-state index in [-0.39, 0.29) is 0 Å². The molecule has 0 fully saturated rings. The number of hydrogen-bond acceptors (Lipinski definition) is 1. The maximum absolute atomic E-state index is 11.6. The van der Waals surface area contributed by atoms with E-state index in [1.165, 1.54) is 16.3 Å². The number of aromatic nitrogens is 2. The topological polar surface area (TPSA) is 33.6 Å². The molecule has 242 valence electrons. The van der Waals surface area contributed by atoms with Gasteiger partial charge in [-0.1, -0.05) is 140 Å². The number of nitriles is 1. The van der Waals surface area contributed by atoms with Gasteiger partial charge in [0.2, 0.25) is 0 Å². The highest BCUT2D eigenvalue weighted by Crippen LogP contribution is 2.51. The Hall–Kier alpha value is -7.07. The molecule has 1 aliphatic carbocycles. The summed E-state index contributed by atoms with van der Waals surface area (Å²) in [6.45, 7) is 0. The van der Waals surface area contributed by atoms with E-state index in [9.17, 15) is 5.26 Å². The standard InChI is InChI=1S/C49H31N3/c50-32-40-45(33-18-4-1-5-19-33)48(51-41-28-14-10-24-36(41)37-25-11-15-29-42(37)51)47(35-22-8-3-9-23-35)49(46(40)34-20-6-2-7-21-34)52-43-30-16-12-26-38(43)39-27-13-17-31-44(39)52/h1-8,10-16,18-22,24-30H,9,23H2. The Balaban J connectivity index is 1.55. The quantitative estimate of drug-likeness (QED) is 0.181. The van der Waals surface area contributed by atoms with Crippen molar-refractivity contribution in [3.63, 3.8) is 0 Å². The fourth-order valence-corrected chi connectivity index (χ4v) is 8.36. The first-order chi connectivity index (χ1) is 25.8. The van der Waals surface area contributed by atoms with Crippen LogP contribution in [0.2, 0.25) is 0 Å². The molecule has 2 aromatic heterocycles. The van der Waals surface area contributed by atoms with Crippen molar-refractivity contribution in [2.45, 2.75) is 12.8 Å². The van der Waals surface area contributed by atoms with Gasteiger partial charge in [0.15, 0.2) is 0 Å². The summed E-state index contributed by atoms with van der Waals surface area (Å²) in [6, 6.07) is 60.5. The molecule has 0 N–H and O–H groups in total. The van der Waals surface area contributed by atoms with E-state index in [4.69, 9.17) is 0 Å². The van der Waals surface area contributed by atoms with Gasteiger partial charge in [-0.2, -0.15) is 5.26 Å². The van der Waals surface area contributed by atoms with E-state index in [1.54, 1.807) is 0 Å². The van der Waals surface area contributed by atoms with Crippen LogP contribution in [0.3, 0.4) is 0 Å². The summed E-state index contributed by atoms with van der Waals surface area (Å²) in [7, 11) is 0. The third kappa shape index (κ3) is 4.40. The van der Waals surface area contributed by atoms with E-state index in [2.05, 4.69) is 173 Å². The Kier molecular flexibility index (Phi) is 6.91. The average Bonchev–Trinajstić information content (AvgIpc) is 3.73. The summed E-state index contributed by atoms with van der Waals surface area (Å²) in [5.41, 5.74) is 12.9. The number of nitrogens with zero attached hydrogens (tertiary/aromatic N) is 3. The summed E-state index contributed by atoms with van der Waals surface area (Å²) in [6.07, 6.45) is 8.49. The predicted molar refractivity (Wildman–Crippen MR) is 215 cm³/mol. The minimum absolute atomic E-state index is 0.630. The fourth-order valence-electron chi connectivity index (χ4n) is 8.36. The van der Waals surface area contributed by atoms with Crippen LogP contribution >= 0.6 is 0 Å². The lowest BCUT2D eigenvalue weighted by Crippen LogP contribution is -2.13. The molecule has 0 aliphatic heterocycles. The second-order valence-electron chi connectivity index (χ2n) is 13.3. The van der Waals surface area contributed by atoms with Crippen molar-refractivity contribution in [3.8, 4) is 39.7 Å². The van der Waals surface area contributed by atoms with Gasteiger partial charge >= 0.3 is 0 Å². The molecular formula is C49H31N3. The van der Waals surface area contributed by atoms with Crippen molar-refractivity contribution in [2.75, 3.05) is 0 Å². The van der Waals surface area contributed by atoms with E-state index >= 15 is 0 Å². The molecule has 52 heavy (non-hydrogen) atoms. The van der Waals surface area contributed by atoms with Crippen molar-refractivity contribution < 1.29 is 0 Å². The third-order valence-corrected chi connectivity index (χ3v) is 10.5. The van der Waals surface area contributed by atoms with Crippen LogP contribution in [0.4, 0.5) is 0 Å². The molecule has 0 saturated carbocycles. The van der Waals surface area contributed by atoms with Crippen molar-refractivity contribution in [3.05, 3.63) is 187 Å². The van der Waals surface area contributed by atoms with Crippen molar-refractivity contribution in [2.24, 2.45) is 0 Å². The van der Waals surface area contributed by atoms with Crippen LogP contribution in [0.5, 0.6) is 0 Å². The molecule has 0 unspecified atom stereocenters. The normalized spacial score (nSPS) is 12.7. The fraction of sp³-hybridized carbons (Fsp3) is 0.0408. The largest absolute Gasteiger partial charge is 0.308 e. The Morgan fingerprint density at radius 1 is 0.538 bits per heavy atom. The van der Waals surface area contributed by atoms with Gasteiger partial charge in [0.1, 0.15) is 11.6 Å². The summed E-state index contributed by atoms with van der Waals surface area (Å²) < 4.78 is 4.77. The summed E-state index contributed by atoms with van der Waals surface area (Å²) in [5, 5.41) is 16.2. The minimum Gasteiger partial charge on any atom is -0.308 e. The summed E-state index contributed by atoms with van der Waals surface area (Å²) in [5.74, 6) is 0. The molecule has 10 rings (SSSR count). The second-order valence-corrected chi connectivity index (χ2v) is 13.3. The summed E-state index contributed by atoms with van der Waals surface area (Å²) >= 11 is 0. The number of allylic oxidation sites excluding steroid dienone is 4. The smallest absolute Gasteiger partial charge is 0.105 e. The van der Waals surface area contributed by atoms with E-state index in [1.807, 2.05) is 18.2 Å². The first-order valence-electron chi connectivity index (χ1n) is 17.7. The monoisotopic (exact) mass is 661 g/mol. The number of rotatable bonds is 5. The number of fused-ring (bicyclic) bond motifs is 6. The third-order valence-electron chi connectivity index (χ3n) is 10.5. The predicted octanol–water partition coefficient (Wildman–Crippen LogP) is 12.4. The maximum Gasteiger partial charge on any atom is 0.105 e. The van der Waals surface area contributed by atoms with Gasteiger partial charge in [-0.3, -0.25) is 0 Å². The van der Waals surface area contributed by atoms with Crippen LogP contribution in [0.25, 0.3) is 82.8 Å². The SMILES string of the molecule is N#Cc1c(-c2ccccc2)c(-n2c3c#cccc3c3ccccc32)c(C2=CC=CCC2)c(-n2c3ccccc3c3ccccc32)c1-c1ccccc1. The molecule has 3 heteroatoms. The van der Waals surface area contributed by atoms with Gasteiger partial charge in [0.25, 0.3) is 0 Å². The van der Waals surface area contributed by atoms with Crippen LogP contribution in [0, 0.1) is 23.5 Å². The van der Waals surface area contributed by atoms with Crippen LogP contribution in [-0.4, -0.2) is 9.13 Å². The molecular weight excluding hydrogens is 631 g/mol. The molecule has 0 spiro atoms. The lowest BCUT2D eigenvalue weighted by molar-refractivity contribution is 1.03. The average molecular weight is 662 g/mol. The first-order valence-corrected chi connectivity index (χ1v) is 17.7. The van der Waals surface area contributed by atoms with E-state index in [0.717, 1.165) is 84.9 Å². The molecule has 1 aliphatic rings. The van der Waals surface area contributed by atoms with Crippen molar-refractivity contribution in [1.82, 2.24) is 9.13 Å². The Labute approximate surface area is 302 Å². The first kappa shape index (κ1) is 29.8. The van der Waals surface area contributed by atoms with Gasteiger partial charge in [-0.15, -0.1) is 0 Å². The van der Waals surface area contributed by atoms with Crippen LogP contribution in [-0.2, 0) is 0 Å². The zero-order valence-corrected chi connectivity index (χ0v) is 28.3. The molecule has 0 radical (unpaired) electrons. The molecule has 0 bridgehead atoms.